The van der Waals surface area contributed by atoms with Gasteiger partial charge in [0.25, 0.3) is 5.91 Å². The molecule has 0 bridgehead atoms. The summed E-state index contributed by atoms with van der Waals surface area (Å²) in [4.78, 5) is 30.8. The van der Waals surface area contributed by atoms with Crippen LogP contribution in [0.2, 0.25) is 0 Å². The number of nitrogens with two attached hydrogens (primary N) is 1. The highest BCUT2D eigenvalue weighted by Crippen LogP contribution is 2.31. The summed E-state index contributed by atoms with van der Waals surface area (Å²) in [5.74, 6) is 1.03. The third kappa shape index (κ3) is 4.59. The van der Waals surface area contributed by atoms with Crippen LogP contribution in [-0.4, -0.2) is 49.3 Å². The smallest absolute Gasteiger partial charge is 0.254 e. The molecule has 3 aromatic rings. The van der Waals surface area contributed by atoms with Gasteiger partial charge in [-0.25, -0.2) is 15.0 Å². The quantitative estimate of drug-likeness (QED) is 0.614. The minimum Gasteiger partial charge on any atom is -0.384 e. The number of carbonyl (C=O) groups is 1. The number of nitrogens with one attached hydrogen (secondary N) is 1. The second-order valence-corrected chi connectivity index (χ2v) is 9.57. The Balaban J connectivity index is 1.23. The third-order valence-corrected chi connectivity index (χ3v) is 6.81. The predicted molar refractivity (Wildman–Crippen MR) is 133 cm³/mol. The lowest BCUT2D eigenvalue weighted by Crippen LogP contribution is -2.50. The second kappa shape index (κ2) is 9.02. The van der Waals surface area contributed by atoms with Crippen LogP contribution in [0.4, 0.5) is 17.5 Å². The first kappa shape index (κ1) is 22.3. The molecule has 0 spiro atoms. The summed E-state index contributed by atoms with van der Waals surface area (Å²) in [5, 5.41) is 3.36. The monoisotopic (exact) mass is 457 g/mol. The molecule has 0 saturated carbocycles. The number of hydrogen-bond donors (Lipinski definition) is 2. The first-order valence-electron chi connectivity index (χ1n) is 11.8. The molecule has 2 aromatic heterocycles. The molecular formula is C26H31N7O. The number of nitrogen functional groups attached to an aromatic ring is 1. The lowest BCUT2D eigenvalue weighted by Gasteiger charge is -2.41. The molecule has 5 rings (SSSR count). The van der Waals surface area contributed by atoms with E-state index in [0.717, 1.165) is 43.9 Å². The number of piperidine rings is 1. The highest BCUT2D eigenvalue weighted by Gasteiger charge is 2.35. The van der Waals surface area contributed by atoms with E-state index in [-0.39, 0.29) is 11.9 Å². The lowest BCUT2D eigenvalue weighted by atomic mass is 9.96. The number of aromatic nitrogens is 3. The number of rotatable bonds is 4. The Kier molecular flexibility index (Phi) is 5.91. The molecule has 2 aliphatic rings. The minimum absolute atomic E-state index is 0.0257. The van der Waals surface area contributed by atoms with E-state index >= 15 is 0 Å². The molecule has 0 radical (unpaired) electrons. The number of carbonyl (C=O) groups excluding carboxylic acids is 1. The lowest BCUT2D eigenvalue weighted by molar-refractivity contribution is 0.0460. The van der Waals surface area contributed by atoms with Crippen molar-refractivity contribution in [1.82, 2.24) is 24.8 Å². The van der Waals surface area contributed by atoms with E-state index in [9.17, 15) is 4.79 Å². The molecule has 0 aliphatic carbocycles. The number of benzene rings is 1. The van der Waals surface area contributed by atoms with Gasteiger partial charge < -0.3 is 16.0 Å². The molecule has 0 unspecified atom stereocenters. The van der Waals surface area contributed by atoms with Crippen LogP contribution >= 0.6 is 0 Å². The maximum Gasteiger partial charge on any atom is 0.254 e. The highest BCUT2D eigenvalue weighted by atomic mass is 16.2. The van der Waals surface area contributed by atoms with E-state index in [4.69, 9.17) is 10.7 Å². The fourth-order valence-electron chi connectivity index (χ4n) is 5.20. The molecule has 4 heterocycles. The highest BCUT2D eigenvalue weighted by molar-refractivity contribution is 5.95. The Morgan fingerprint density at radius 2 is 1.91 bits per heavy atom. The van der Waals surface area contributed by atoms with Crippen molar-refractivity contribution in [1.29, 1.82) is 0 Å². The van der Waals surface area contributed by atoms with Gasteiger partial charge in [-0.05, 0) is 69.0 Å². The first-order valence-corrected chi connectivity index (χ1v) is 11.8. The molecule has 176 valence electrons. The Morgan fingerprint density at radius 3 is 2.65 bits per heavy atom. The van der Waals surface area contributed by atoms with Gasteiger partial charge in [0, 0.05) is 60.9 Å². The van der Waals surface area contributed by atoms with Crippen LogP contribution in [0.3, 0.4) is 0 Å². The van der Waals surface area contributed by atoms with Crippen LogP contribution in [0.1, 0.15) is 52.5 Å². The van der Waals surface area contributed by atoms with Crippen molar-refractivity contribution >= 4 is 23.4 Å². The van der Waals surface area contributed by atoms with Gasteiger partial charge in [-0.3, -0.25) is 9.69 Å². The van der Waals surface area contributed by atoms with Crippen molar-refractivity contribution in [2.75, 3.05) is 17.6 Å². The van der Waals surface area contributed by atoms with Gasteiger partial charge in [0.1, 0.15) is 5.82 Å². The molecule has 1 amide bonds. The average molecular weight is 458 g/mol. The molecule has 1 aromatic carbocycles. The summed E-state index contributed by atoms with van der Waals surface area (Å²) < 4.78 is 0. The molecule has 1 saturated heterocycles. The molecule has 8 nitrogen and oxygen atoms in total. The van der Waals surface area contributed by atoms with E-state index in [0.29, 0.717) is 23.4 Å². The molecule has 2 aliphatic heterocycles. The number of fused-ring (bicyclic) bond motifs is 1. The standard InChI is InChI=1S/C26H31N7O/c1-16-8-17(2)10-21(9-16)30-26-29-13-20-14-32(15-23(20)31-26)22-5-7-33(18(3)11-22)25(34)19-4-6-28-24(27)12-19/h4,6,8-10,12-13,18,22H,5,7,11,14-15H2,1-3H3,(H2,27,28)(H,29,30,31)/t18-,22-/m1/s1. The molecular weight excluding hydrogens is 426 g/mol. The normalized spacial score (nSPS) is 20.3. The van der Waals surface area contributed by atoms with Gasteiger partial charge in [0.2, 0.25) is 5.95 Å². The van der Waals surface area contributed by atoms with Crippen LogP contribution in [0.25, 0.3) is 0 Å². The van der Waals surface area contributed by atoms with E-state index < -0.39 is 0 Å². The van der Waals surface area contributed by atoms with E-state index in [1.54, 1.807) is 18.3 Å². The second-order valence-electron chi connectivity index (χ2n) is 9.57. The van der Waals surface area contributed by atoms with Crippen molar-refractivity contribution in [2.24, 2.45) is 0 Å². The van der Waals surface area contributed by atoms with E-state index in [2.05, 4.69) is 59.2 Å². The summed E-state index contributed by atoms with van der Waals surface area (Å²) in [6, 6.07) is 10.3. The van der Waals surface area contributed by atoms with Crippen molar-refractivity contribution in [3.8, 4) is 0 Å². The largest absolute Gasteiger partial charge is 0.384 e. The van der Waals surface area contributed by atoms with Crippen molar-refractivity contribution in [3.05, 3.63) is 70.7 Å². The Morgan fingerprint density at radius 1 is 1.12 bits per heavy atom. The van der Waals surface area contributed by atoms with Gasteiger partial charge in [0.05, 0.1) is 5.69 Å². The Hall–Kier alpha value is -3.52. The number of amides is 1. The van der Waals surface area contributed by atoms with Crippen molar-refractivity contribution in [2.45, 2.75) is 58.8 Å². The number of pyridine rings is 1. The molecule has 3 N–H and O–H groups in total. The number of anilines is 3. The zero-order valence-corrected chi connectivity index (χ0v) is 20.0. The van der Waals surface area contributed by atoms with Gasteiger partial charge in [0.15, 0.2) is 0 Å². The van der Waals surface area contributed by atoms with Crippen molar-refractivity contribution < 1.29 is 4.79 Å². The Labute approximate surface area is 200 Å². The van der Waals surface area contributed by atoms with Gasteiger partial charge in [-0.1, -0.05) is 6.07 Å². The zero-order chi connectivity index (χ0) is 23.8. The van der Waals surface area contributed by atoms with Crippen molar-refractivity contribution in [3.63, 3.8) is 0 Å². The average Bonchev–Trinajstić information content (AvgIpc) is 3.21. The van der Waals surface area contributed by atoms with E-state index in [1.165, 1.54) is 16.7 Å². The van der Waals surface area contributed by atoms with Crippen LogP contribution < -0.4 is 11.1 Å². The third-order valence-electron chi connectivity index (χ3n) is 6.81. The summed E-state index contributed by atoms with van der Waals surface area (Å²) in [6.07, 6.45) is 5.40. The summed E-state index contributed by atoms with van der Waals surface area (Å²) >= 11 is 0. The summed E-state index contributed by atoms with van der Waals surface area (Å²) in [5.41, 5.74) is 12.1. The summed E-state index contributed by atoms with van der Waals surface area (Å²) in [7, 11) is 0. The maximum absolute atomic E-state index is 13.0. The van der Waals surface area contributed by atoms with Crippen LogP contribution in [0.5, 0.6) is 0 Å². The number of aryl methyl sites for hydroxylation is 2. The predicted octanol–water partition coefficient (Wildman–Crippen LogP) is 3.82. The minimum atomic E-state index is 0.0257. The molecule has 8 heteroatoms. The first-order chi connectivity index (χ1) is 16.4. The van der Waals surface area contributed by atoms with Crippen LogP contribution in [0.15, 0.2) is 42.7 Å². The number of nitrogens with zero attached hydrogens (tertiary/aromatic N) is 5. The Bertz CT molecular complexity index is 1210. The fourth-order valence-corrected chi connectivity index (χ4v) is 5.20. The maximum atomic E-state index is 13.0. The van der Waals surface area contributed by atoms with Gasteiger partial charge in [-0.15, -0.1) is 0 Å². The fraction of sp³-hybridized carbons (Fsp3) is 0.385. The SMILES string of the molecule is Cc1cc(C)cc(Nc2ncc3c(n2)CN([C@@H]2CCN(C(=O)c4ccnc(N)c4)[C@H](C)C2)C3)c1. The molecule has 1 fully saturated rings. The van der Waals surface area contributed by atoms with Crippen LogP contribution in [0, 0.1) is 13.8 Å². The van der Waals surface area contributed by atoms with E-state index in [1.807, 2.05) is 11.1 Å². The zero-order valence-electron chi connectivity index (χ0n) is 20.0. The molecule has 34 heavy (non-hydrogen) atoms. The van der Waals surface area contributed by atoms with Crippen LogP contribution in [-0.2, 0) is 13.1 Å². The number of hydrogen-bond acceptors (Lipinski definition) is 7. The van der Waals surface area contributed by atoms with Gasteiger partial charge >= 0.3 is 0 Å². The number of likely N-dealkylation sites (tertiary alicyclic amines) is 1. The molecule has 2 atom stereocenters. The van der Waals surface area contributed by atoms with Gasteiger partial charge in [-0.2, -0.15) is 0 Å². The summed E-state index contributed by atoms with van der Waals surface area (Å²) in [6.45, 7) is 8.70. The topological polar surface area (TPSA) is 100 Å².